The molecule has 0 spiro atoms. The summed E-state index contributed by atoms with van der Waals surface area (Å²) in [5.74, 6) is 1.43. The number of rotatable bonds is 2. The van der Waals surface area contributed by atoms with E-state index in [0.29, 0.717) is 5.75 Å². The Labute approximate surface area is 128 Å². The number of aromatic hydroxyl groups is 1. The van der Waals surface area contributed by atoms with Crippen molar-refractivity contribution < 1.29 is 5.11 Å². The van der Waals surface area contributed by atoms with E-state index in [2.05, 4.69) is 11.4 Å². The van der Waals surface area contributed by atoms with Gasteiger partial charge >= 0.3 is 0 Å². The van der Waals surface area contributed by atoms with E-state index in [1.54, 1.807) is 6.07 Å². The second-order valence-electron chi connectivity index (χ2n) is 5.02. The van der Waals surface area contributed by atoms with Gasteiger partial charge in [0.1, 0.15) is 5.75 Å². The first kappa shape index (κ1) is 13.7. The molecule has 0 aromatic heterocycles. The highest BCUT2D eigenvalue weighted by molar-refractivity contribution is 7.99. The van der Waals surface area contributed by atoms with Gasteiger partial charge in [0.25, 0.3) is 0 Å². The van der Waals surface area contributed by atoms with Crippen LogP contribution in [0.4, 0.5) is 5.69 Å². The Morgan fingerprint density at radius 2 is 2.10 bits per heavy atom. The van der Waals surface area contributed by atoms with Crippen molar-refractivity contribution >= 4 is 29.1 Å². The Hall–Kier alpha value is -1.32. The molecular formula is C16H16ClNOS. The summed E-state index contributed by atoms with van der Waals surface area (Å²) in [5, 5.41) is 13.9. The molecule has 1 aliphatic rings. The van der Waals surface area contributed by atoms with Gasteiger partial charge in [-0.25, -0.2) is 0 Å². The molecule has 0 saturated heterocycles. The first-order valence-corrected chi connectivity index (χ1v) is 7.98. The number of fused-ring (bicyclic) bond motifs is 1. The Bertz CT molecular complexity index is 644. The van der Waals surface area contributed by atoms with Crippen molar-refractivity contribution in [3.05, 3.63) is 52.5 Å². The Morgan fingerprint density at radius 3 is 2.90 bits per heavy atom. The van der Waals surface area contributed by atoms with Crippen molar-refractivity contribution in [1.82, 2.24) is 0 Å². The molecule has 3 rings (SSSR count). The molecule has 104 valence electrons. The molecule has 2 aromatic rings. The molecule has 2 N–H and O–H groups in total. The SMILES string of the molecule is Cc1cc(NC2CCSc3ccc(Cl)cc32)ccc1O. The highest BCUT2D eigenvalue weighted by Crippen LogP contribution is 2.39. The first-order valence-electron chi connectivity index (χ1n) is 6.62. The topological polar surface area (TPSA) is 32.3 Å². The Morgan fingerprint density at radius 1 is 1.25 bits per heavy atom. The minimum absolute atomic E-state index is 0.272. The van der Waals surface area contributed by atoms with Crippen LogP contribution in [0.3, 0.4) is 0 Å². The largest absolute Gasteiger partial charge is 0.508 e. The summed E-state index contributed by atoms with van der Waals surface area (Å²) in [4.78, 5) is 1.30. The van der Waals surface area contributed by atoms with Crippen molar-refractivity contribution in [3.63, 3.8) is 0 Å². The fourth-order valence-corrected chi connectivity index (χ4v) is 3.75. The number of aryl methyl sites for hydroxylation is 1. The van der Waals surface area contributed by atoms with Crippen LogP contribution in [0, 0.1) is 6.92 Å². The van der Waals surface area contributed by atoms with Gasteiger partial charge in [0.05, 0.1) is 6.04 Å². The number of hydrogen-bond donors (Lipinski definition) is 2. The lowest BCUT2D eigenvalue weighted by atomic mass is 10.0. The van der Waals surface area contributed by atoms with E-state index in [1.165, 1.54) is 10.5 Å². The summed E-state index contributed by atoms with van der Waals surface area (Å²) >= 11 is 8.00. The van der Waals surface area contributed by atoms with Gasteiger partial charge in [0, 0.05) is 21.4 Å². The molecule has 0 radical (unpaired) electrons. The average Bonchev–Trinajstić information content (AvgIpc) is 2.44. The van der Waals surface area contributed by atoms with Gasteiger partial charge in [-0.3, -0.25) is 0 Å². The van der Waals surface area contributed by atoms with Crippen LogP contribution in [0.15, 0.2) is 41.3 Å². The molecule has 0 aliphatic carbocycles. The van der Waals surface area contributed by atoms with Crippen molar-refractivity contribution in [3.8, 4) is 5.75 Å². The second-order valence-corrected chi connectivity index (χ2v) is 6.59. The van der Waals surface area contributed by atoms with E-state index < -0.39 is 0 Å². The summed E-state index contributed by atoms with van der Waals surface area (Å²) in [6, 6.07) is 12.0. The molecule has 4 heteroatoms. The number of phenols is 1. The Balaban J connectivity index is 1.89. The van der Waals surface area contributed by atoms with E-state index in [9.17, 15) is 5.11 Å². The lowest BCUT2D eigenvalue weighted by Gasteiger charge is -2.27. The summed E-state index contributed by atoms with van der Waals surface area (Å²) < 4.78 is 0. The summed E-state index contributed by atoms with van der Waals surface area (Å²) in [5.41, 5.74) is 3.18. The highest BCUT2D eigenvalue weighted by atomic mass is 35.5. The summed E-state index contributed by atoms with van der Waals surface area (Å²) in [7, 11) is 0. The normalized spacial score (nSPS) is 17.6. The van der Waals surface area contributed by atoms with E-state index in [0.717, 1.165) is 28.4 Å². The third-order valence-electron chi connectivity index (χ3n) is 3.55. The smallest absolute Gasteiger partial charge is 0.118 e. The molecule has 1 unspecified atom stereocenters. The van der Waals surface area contributed by atoms with Crippen LogP contribution in [0.1, 0.15) is 23.6 Å². The molecule has 20 heavy (non-hydrogen) atoms. The van der Waals surface area contributed by atoms with E-state index >= 15 is 0 Å². The number of benzene rings is 2. The van der Waals surface area contributed by atoms with Crippen LogP contribution in [0.2, 0.25) is 5.02 Å². The van der Waals surface area contributed by atoms with Gasteiger partial charge in [0.2, 0.25) is 0 Å². The molecule has 0 fully saturated rings. The minimum atomic E-state index is 0.272. The number of hydrogen-bond acceptors (Lipinski definition) is 3. The van der Waals surface area contributed by atoms with Crippen molar-refractivity contribution in [2.45, 2.75) is 24.3 Å². The summed E-state index contributed by atoms with van der Waals surface area (Å²) in [6.07, 6.45) is 1.07. The number of phenolic OH excluding ortho intramolecular Hbond substituents is 1. The lowest BCUT2D eigenvalue weighted by molar-refractivity contribution is 0.471. The van der Waals surface area contributed by atoms with E-state index in [-0.39, 0.29) is 6.04 Å². The maximum absolute atomic E-state index is 9.60. The molecule has 0 bridgehead atoms. The third kappa shape index (κ3) is 2.74. The monoisotopic (exact) mass is 305 g/mol. The molecule has 2 aromatic carbocycles. The maximum Gasteiger partial charge on any atom is 0.118 e. The van der Waals surface area contributed by atoms with Crippen LogP contribution in [-0.2, 0) is 0 Å². The second kappa shape index (κ2) is 5.58. The number of anilines is 1. The zero-order valence-corrected chi connectivity index (χ0v) is 12.8. The fraction of sp³-hybridized carbons (Fsp3) is 0.250. The molecule has 1 atom stereocenters. The van der Waals surface area contributed by atoms with Crippen LogP contribution in [-0.4, -0.2) is 10.9 Å². The van der Waals surface area contributed by atoms with Gasteiger partial charge in [-0.1, -0.05) is 11.6 Å². The maximum atomic E-state index is 9.60. The quantitative estimate of drug-likeness (QED) is 0.766. The van der Waals surface area contributed by atoms with Gasteiger partial charge in [-0.2, -0.15) is 0 Å². The van der Waals surface area contributed by atoms with Crippen LogP contribution < -0.4 is 5.32 Å². The number of thioether (sulfide) groups is 1. The van der Waals surface area contributed by atoms with Gasteiger partial charge < -0.3 is 10.4 Å². The summed E-state index contributed by atoms with van der Waals surface area (Å²) in [6.45, 7) is 1.90. The molecule has 0 amide bonds. The standard InChI is InChI=1S/C16H16ClNOS/c1-10-8-12(3-4-15(10)19)18-14-6-7-20-16-5-2-11(17)9-13(14)16/h2-5,8-9,14,18-19H,6-7H2,1H3. The van der Waals surface area contributed by atoms with E-state index in [4.69, 9.17) is 11.6 Å². The predicted molar refractivity (Wildman–Crippen MR) is 86.0 cm³/mol. The van der Waals surface area contributed by atoms with Crippen molar-refractivity contribution in [2.24, 2.45) is 0 Å². The zero-order chi connectivity index (χ0) is 14.1. The molecule has 1 aliphatic heterocycles. The van der Waals surface area contributed by atoms with E-state index in [1.807, 2.05) is 43.0 Å². The molecular weight excluding hydrogens is 290 g/mol. The number of halogens is 1. The van der Waals surface area contributed by atoms with Gasteiger partial charge in [-0.05, 0) is 60.9 Å². The molecule has 2 nitrogen and oxygen atoms in total. The van der Waals surface area contributed by atoms with Crippen LogP contribution >= 0.6 is 23.4 Å². The van der Waals surface area contributed by atoms with Gasteiger partial charge in [0.15, 0.2) is 0 Å². The Kier molecular flexibility index (Phi) is 3.81. The third-order valence-corrected chi connectivity index (χ3v) is 4.91. The highest BCUT2D eigenvalue weighted by Gasteiger charge is 2.21. The van der Waals surface area contributed by atoms with Crippen LogP contribution in [0.25, 0.3) is 0 Å². The molecule has 0 saturated carbocycles. The van der Waals surface area contributed by atoms with Crippen LogP contribution in [0.5, 0.6) is 5.75 Å². The first-order chi connectivity index (χ1) is 9.63. The average molecular weight is 306 g/mol. The lowest BCUT2D eigenvalue weighted by Crippen LogP contribution is -2.16. The molecule has 1 heterocycles. The van der Waals surface area contributed by atoms with Crippen molar-refractivity contribution in [1.29, 1.82) is 0 Å². The number of nitrogens with one attached hydrogen (secondary N) is 1. The predicted octanol–water partition coefficient (Wildman–Crippen LogP) is 5.00. The fourth-order valence-electron chi connectivity index (χ4n) is 2.46. The van der Waals surface area contributed by atoms with Gasteiger partial charge in [-0.15, -0.1) is 11.8 Å². The van der Waals surface area contributed by atoms with Crippen molar-refractivity contribution in [2.75, 3.05) is 11.1 Å². The minimum Gasteiger partial charge on any atom is -0.508 e. The zero-order valence-electron chi connectivity index (χ0n) is 11.2.